The summed E-state index contributed by atoms with van der Waals surface area (Å²) in [5, 5.41) is 0.718. The monoisotopic (exact) mass is 350 g/mol. The Morgan fingerprint density at radius 2 is 1.78 bits per heavy atom. The van der Waals surface area contributed by atoms with E-state index in [2.05, 4.69) is 0 Å². The first kappa shape index (κ1) is 16.5. The molecule has 0 amide bonds. The third-order valence-corrected chi connectivity index (χ3v) is 4.93. The molecular formula is C18H19ClO3S. The Morgan fingerprint density at radius 3 is 2.39 bits per heavy atom. The second-order valence-corrected chi connectivity index (χ2v) is 7.13. The smallest absolute Gasteiger partial charge is 0.360 e. The highest BCUT2D eigenvalue weighted by Gasteiger charge is 2.33. The Morgan fingerprint density at radius 1 is 1.13 bits per heavy atom. The van der Waals surface area contributed by atoms with E-state index in [4.69, 9.17) is 20.0 Å². The van der Waals surface area contributed by atoms with Gasteiger partial charge in [-0.15, -0.1) is 0 Å². The zero-order valence-corrected chi connectivity index (χ0v) is 14.5. The lowest BCUT2D eigenvalue weighted by atomic mass is 9.95. The van der Waals surface area contributed by atoms with Crippen LogP contribution in [0.3, 0.4) is 0 Å². The average Bonchev–Trinajstić information content (AvgIpc) is 3.36. The molecule has 0 bridgehead atoms. The Hall–Kier alpha value is -1.36. The van der Waals surface area contributed by atoms with Crippen molar-refractivity contribution >= 4 is 23.0 Å². The molecule has 5 heteroatoms. The van der Waals surface area contributed by atoms with Gasteiger partial charge in [0.25, 0.3) is 0 Å². The van der Waals surface area contributed by atoms with Crippen LogP contribution < -0.4 is 4.18 Å². The van der Waals surface area contributed by atoms with E-state index in [1.807, 2.05) is 43.3 Å². The highest BCUT2D eigenvalue weighted by atomic mass is 35.5. The van der Waals surface area contributed by atoms with Crippen LogP contribution in [0.2, 0.25) is 5.02 Å². The van der Waals surface area contributed by atoms with Gasteiger partial charge >= 0.3 is 11.4 Å². The third-order valence-electron chi connectivity index (χ3n) is 4.02. The van der Waals surface area contributed by atoms with Gasteiger partial charge in [0, 0.05) is 10.9 Å². The van der Waals surface area contributed by atoms with Crippen molar-refractivity contribution in [1.29, 1.82) is 0 Å². The first-order valence-electron chi connectivity index (χ1n) is 7.67. The molecular weight excluding hydrogens is 332 g/mol. The molecule has 3 nitrogen and oxygen atoms in total. The lowest BCUT2D eigenvalue weighted by Gasteiger charge is -2.16. The van der Waals surface area contributed by atoms with Crippen LogP contribution in [0.4, 0.5) is 0 Å². The zero-order chi connectivity index (χ0) is 16.2. The van der Waals surface area contributed by atoms with Gasteiger partial charge in [-0.3, -0.25) is 4.18 Å². The summed E-state index contributed by atoms with van der Waals surface area (Å²) in [6.07, 6.45) is 2.37. The molecule has 122 valence electrons. The Balaban J connectivity index is 1.57. The molecule has 2 atom stereocenters. The van der Waals surface area contributed by atoms with Crippen LogP contribution in [0.1, 0.15) is 29.9 Å². The number of rotatable bonds is 7. The Bertz CT molecular complexity index is 666. The topological polar surface area (TPSA) is 35.5 Å². The van der Waals surface area contributed by atoms with Crippen LogP contribution in [0.15, 0.2) is 48.5 Å². The van der Waals surface area contributed by atoms with E-state index in [9.17, 15) is 4.21 Å². The minimum Gasteiger partial charge on any atom is -0.380 e. The van der Waals surface area contributed by atoms with Gasteiger partial charge in [0.05, 0.1) is 6.61 Å². The van der Waals surface area contributed by atoms with Crippen molar-refractivity contribution in [1.82, 2.24) is 0 Å². The van der Waals surface area contributed by atoms with E-state index in [0.717, 1.165) is 10.6 Å². The minimum absolute atomic E-state index is 0.234. The summed E-state index contributed by atoms with van der Waals surface area (Å²) in [6, 6.07) is 15.2. The van der Waals surface area contributed by atoms with E-state index in [-0.39, 0.29) is 5.92 Å². The van der Waals surface area contributed by atoms with Gasteiger partial charge in [0.2, 0.25) is 0 Å². The zero-order valence-electron chi connectivity index (χ0n) is 12.9. The molecule has 0 aromatic heterocycles. The van der Waals surface area contributed by atoms with Gasteiger partial charge in [-0.25, -0.2) is 0 Å². The maximum absolute atomic E-state index is 12.0. The molecule has 0 radical (unpaired) electrons. The van der Waals surface area contributed by atoms with Crippen molar-refractivity contribution in [2.75, 3.05) is 6.61 Å². The molecule has 1 aliphatic carbocycles. The molecule has 1 saturated carbocycles. The van der Waals surface area contributed by atoms with E-state index >= 15 is 0 Å². The van der Waals surface area contributed by atoms with Crippen molar-refractivity contribution < 1.29 is 12.6 Å². The standard InChI is InChI=1S/C18H19ClO3S/c1-13-2-10-17(11-3-13)22-23(20)21-12-18(14-4-5-14)15-6-8-16(19)9-7-15/h2-3,6-11,14,18H,4-5,12H2,1H3/t18-,23?/m1/s1. The first-order chi connectivity index (χ1) is 11.1. The van der Waals surface area contributed by atoms with Gasteiger partial charge in [-0.1, -0.05) is 41.4 Å². The van der Waals surface area contributed by atoms with Crippen molar-refractivity contribution in [2.45, 2.75) is 25.7 Å². The predicted molar refractivity (Wildman–Crippen MR) is 92.8 cm³/mol. The Kier molecular flexibility index (Phi) is 5.36. The fourth-order valence-corrected chi connectivity index (χ4v) is 3.24. The molecule has 0 N–H and O–H groups in total. The maximum Gasteiger partial charge on any atom is 0.360 e. The second-order valence-electron chi connectivity index (χ2n) is 5.88. The van der Waals surface area contributed by atoms with Gasteiger partial charge < -0.3 is 4.18 Å². The van der Waals surface area contributed by atoms with Crippen molar-refractivity contribution in [3.05, 3.63) is 64.7 Å². The van der Waals surface area contributed by atoms with E-state index in [0.29, 0.717) is 18.3 Å². The van der Waals surface area contributed by atoms with Gasteiger partial charge in [0.1, 0.15) is 5.75 Å². The molecule has 0 aliphatic heterocycles. The molecule has 1 aliphatic rings. The van der Waals surface area contributed by atoms with Crippen molar-refractivity contribution in [2.24, 2.45) is 5.92 Å². The minimum atomic E-state index is -1.79. The van der Waals surface area contributed by atoms with E-state index in [1.54, 1.807) is 12.1 Å². The number of hydrogen-bond donors (Lipinski definition) is 0. The maximum atomic E-state index is 12.0. The predicted octanol–water partition coefficient (Wildman–Crippen LogP) is 4.82. The van der Waals surface area contributed by atoms with Gasteiger partial charge in [-0.2, -0.15) is 4.21 Å². The first-order valence-corrected chi connectivity index (χ1v) is 9.05. The molecule has 0 spiro atoms. The van der Waals surface area contributed by atoms with Crippen LogP contribution >= 0.6 is 11.6 Å². The fraction of sp³-hybridized carbons (Fsp3) is 0.333. The van der Waals surface area contributed by atoms with Crippen LogP contribution in [-0.2, 0) is 15.5 Å². The normalized spacial score (nSPS) is 16.8. The van der Waals surface area contributed by atoms with Crippen LogP contribution in [0.25, 0.3) is 0 Å². The number of aryl methyl sites for hydroxylation is 1. The third kappa shape index (κ3) is 4.80. The summed E-state index contributed by atoms with van der Waals surface area (Å²) in [5.74, 6) is 1.37. The number of benzene rings is 2. The SMILES string of the molecule is Cc1ccc(OS(=O)OC[C@@H](c2ccc(Cl)cc2)C2CC2)cc1. The van der Waals surface area contributed by atoms with Crippen molar-refractivity contribution in [3.63, 3.8) is 0 Å². The molecule has 0 saturated heterocycles. The summed E-state index contributed by atoms with van der Waals surface area (Å²) >= 11 is 4.15. The van der Waals surface area contributed by atoms with Crippen LogP contribution in [0, 0.1) is 12.8 Å². The molecule has 1 unspecified atom stereocenters. The fourth-order valence-electron chi connectivity index (χ4n) is 2.54. The van der Waals surface area contributed by atoms with Crippen molar-refractivity contribution in [3.8, 4) is 5.75 Å². The lowest BCUT2D eigenvalue weighted by Crippen LogP contribution is -2.14. The summed E-state index contributed by atoms with van der Waals surface area (Å²) < 4.78 is 22.7. The summed E-state index contributed by atoms with van der Waals surface area (Å²) in [6.45, 7) is 2.37. The summed E-state index contributed by atoms with van der Waals surface area (Å²) in [5.41, 5.74) is 2.30. The van der Waals surface area contributed by atoms with E-state index < -0.39 is 11.4 Å². The molecule has 1 fully saturated rings. The number of hydrogen-bond acceptors (Lipinski definition) is 3. The highest BCUT2D eigenvalue weighted by Crippen LogP contribution is 2.43. The second kappa shape index (κ2) is 7.47. The number of halogens is 1. The Labute approximate surface area is 144 Å². The highest BCUT2D eigenvalue weighted by molar-refractivity contribution is 7.75. The average molecular weight is 351 g/mol. The largest absolute Gasteiger partial charge is 0.380 e. The quantitative estimate of drug-likeness (QED) is 0.718. The summed E-state index contributed by atoms with van der Waals surface area (Å²) in [7, 11) is 0. The summed E-state index contributed by atoms with van der Waals surface area (Å²) in [4.78, 5) is 0. The van der Waals surface area contributed by atoms with Crippen LogP contribution in [0.5, 0.6) is 5.75 Å². The van der Waals surface area contributed by atoms with Crippen LogP contribution in [-0.4, -0.2) is 10.8 Å². The molecule has 3 rings (SSSR count). The molecule has 2 aromatic carbocycles. The van der Waals surface area contributed by atoms with Gasteiger partial charge in [0.15, 0.2) is 0 Å². The molecule has 0 heterocycles. The molecule has 23 heavy (non-hydrogen) atoms. The molecule has 2 aromatic rings. The van der Waals surface area contributed by atoms with Gasteiger partial charge in [-0.05, 0) is 55.5 Å². The lowest BCUT2D eigenvalue weighted by molar-refractivity contribution is 0.274. The van der Waals surface area contributed by atoms with E-state index in [1.165, 1.54) is 18.4 Å².